The average Bonchev–Trinajstić information content (AvgIpc) is 3.00. The van der Waals surface area contributed by atoms with Crippen molar-refractivity contribution in [2.45, 2.75) is 13.8 Å². The molecule has 1 aliphatic heterocycles. The molecule has 0 unspecified atom stereocenters. The van der Waals surface area contributed by atoms with Gasteiger partial charge in [0.05, 0.1) is 10.7 Å². The maximum absolute atomic E-state index is 13.3. The molecule has 0 atom stereocenters. The second-order valence-corrected chi connectivity index (χ2v) is 8.42. The Bertz CT molecular complexity index is 1320. The highest BCUT2D eigenvalue weighted by atomic mass is 35.5. The van der Waals surface area contributed by atoms with Gasteiger partial charge in [-0.1, -0.05) is 23.2 Å². The standard InChI is InChI=1S/C23H16Cl2FN3O2S/c1-12-9-14(13(2)28(12)17-6-4-16(26)5-7-17)10-18-21(30)27-23(32)29(22(18)31)20-8-3-15(24)11-19(20)25/h3-11H,1-2H3,(H,27,30,32)/b18-10+. The van der Waals surface area contributed by atoms with Gasteiger partial charge in [0.1, 0.15) is 11.4 Å². The van der Waals surface area contributed by atoms with Crippen LogP contribution in [0.25, 0.3) is 11.8 Å². The number of aryl methyl sites for hydroxylation is 1. The van der Waals surface area contributed by atoms with Gasteiger partial charge in [-0.05, 0) is 86.2 Å². The molecule has 3 aromatic rings. The largest absolute Gasteiger partial charge is 0.318 e. The molecule has 0 saturated carbocycles. The van der Waals surface area contributed by atoms with E-state index in [1.54, 1.807) is 24.3 Å². The van der Waals surface area contributed by atoms with Crippen LogP contribution in [0.15, 0.2) is 54.1 Å². The summed E-state index contributed by atoms with van der Waals surface area (Å²) in [6.07, 6.45) is 1.51. The van der Waals surface area contributed by atoms with Crippen molar-refractivity contribution in [1.29, 1.82) is 0 Å². The lowest BCUT2D eigenvalue weighted by atomic mass is 10.1. The van der Waals surface area contributed by atoms with Gasteiger partial charge >= 0.3 is 0 Å². The summed E-state index contributed by atoms with van der Waals surface area (Å²) in [4.78, 5) is 27.1. The number of thiocarbonyl (C=S) groups is 1. The van der Waals surface area contributed by atoms with Gasteiger partial charge in [0, 0.05) is 22.1 Å². The van der Waals surface area contributed by atoms with E-state index < -0.39 is 11.8 Å². The fourth-order valence-corrected chi connectivity index (χ4v) is 4.38. The van der Waals surface area contributed by atoms with Crippen LogP contribution < -0.4 is 10.2 Å². The molecule has 0 aliphatic carbocycles. The van der Waals surface area contributed by atoms with E-state index in [1.807, 2.05) is 24.5 Å². The minimum Gasteiger partial charge on any atom is -0.318 e. The predicted octanol–water partition coefficient (Wildman–Crippen LogP) is 5.37. The van der Waals surface area contributed by atoms with Crippen LogP contribution in [0.1, 0.15) is 17.0 Å². The Morgan fingerprint density at radius 2 is 1.72 bits per heavy atom. The molecule has 1 saturated heterocycles. The number of carbonyl (C=O) groups is 2. The van der Waals surface area contributed by atoms with Gasteiger partial charge in [0.2, 0.25) is 0 Å². The van der Waals surface area contributed by atoms with Crippen molar-refractivity contribution < 1.29 is 14.0 Å². The number of hydrogen-bond acceptors (Lipinski definition) is 3. The van der Waals surface area contributed by atoms with Crippen molar-refractivity contribution in [3.63, 3.8) is 0 Å². The van der Waals surface area contributed by atoms with Crippen molar-refractivity contribution in [3.05, 3.63) is 86.9 Å². The number of halogens is 3. The Morgan fingerprint density at radius 3 is 2.38 bits per heavy atom. The molecule has 162 valence electrons. The molecule has 0 radical (unpaired) electrons. The van der Waals surface area contributed by atoms with E-state index in [0.717, 1.165) is 17.1 Å². The molecular weight excluding hydrogens is 472 g/mol. The average molecular weight is 488 g/mol. The molecule has 0 spiro atoms. The summed E-state index contributed by atoms with van der Waals surface area (Å²) in [6, 6.07) is 12.5. The highest BCUT2D eigenvalue weighted by Gasteiger charge is 2.35. The van der Waals surface area contributed by atoms with Gasteiger partial charge < -0.3 is 4.57 Å². The lowest BCUT2D eigenvalue weighted by Crippen LogP contribution is -2.54. The van der Waals surface area contributed by atoms with Crippen molar-refractivity contribution in [2.24, 2.45) is 0 Å². The molecule has 1 N–H and O–H groups in total. The smallest absolute Gasteiger partial charge is 0.270 e. The van der Waals surface area contributed by atoms with Gasteiger partial charge in [-0.15, -0.1) is 0 Å². The summed E-state index contributed by atoms with van der Waals surface area (Å²) in [5, 5.41) is 3.09. The topological polar surface area (TPSA) is 54.3 Å². The third-order valence-corrected chi connectivity index (χ3v) is 5.93. The number of anilines is 1. The molecular formula is C23H16Cl2FN3O2S. The first-order valence-electron chi connectivity index (χ1n) is 9.49. The number of nitrogens with one attached hydrogen (secondary N) is 1. The third-order valence-electron chi connectivity index (χ3n) is 5.11. The zero-order valence-electron chi connectivity index (χ0n) is 16.9. The van der Waals surface area contributed by atoms with Crippen molar-refractivity contribution in [1.82, 2.24) is 9.88 Å². The maximum Gasteiger partial charge on any atom is 0.270 e. The summed E-state index contributed by atoms with van der Waals surface area (Å²) < 4.78 is 15.2. The van der Waals surface area contributed by atoms with Crippen LogP contribution in [-0.2, 0) is 9.59 Å². The van der Waals surface area contributed by atoms with Crippen LogP contribution in [0.4, 0.5) is 10.1 Å². The Morgan fingerprint density at radius 1 is 1.03 bits per heavy atom. The molecule has 4 rings (SSSR count). The summed E-state index contributed by atoms with van der Waals surface area (Å²) in [5.74, 6) is -1.54. The monoisotopic (exact) mass is 487 g/mol. The molecule has 9 heteroatoms. The van der Waals surface area contributed by atoms with E-state index in [1.165, 1.54) is 29.2 Å². The van der Waals surface area contributed by atoms with E-state index in [2.05, 4.69) is 5.32 Å². The first kappa shape index (κ1) is 22.2. The van der Waals surface area contributed by atoms with Gasteiger partial charge in [0.25, 0.3) is 11.8 Å². The number of nitrogens with zero attached hydrogens (tertiary/aromatic N) is 2. The summed E-state index contributed by atoms with van der Waals surface area (Å²) in [7, 11) is 0. The SMILES string of the molecule is Cc1cc(/C=C2\C(=O)NC(=S)N(c3ccc(Cl)cc3Cl)C2=O)c(C)n1-c1ccc(F)cc1. The minimum atomic E-state index is -0.604. The van der Waals surface area contributed by atoms with Crippen LogP contribution >= 0.6 is 35.4 Å². The first-order chi connectivity index (χ1) is 15.2. The van der Waals surface area contributed by atoms with E-state index in [-0.39, 0.29) is 21.5 Å². The fourth-order valence-electron chi connectivity index (χ4n) is 3.62. The number of carbonyl (C=O) groups excluding carboxylic acids is 2. The van der Waals surface area contributed by atoms with Crippen LogP contribution in [0, 0.1) is 19.7 Å². The minimum absolute atomic E-state index is 0.0712. The van der Waals surface area contributed by atoms with Crippen LogP contribution in [0.2, 0.25) is 10.0 Å². The number of aromatic nitrogens is 1. The number of rotatable bonds is 3. The summed E-state index contributed by atoms with van der Waals surface area (Å²) in [5.41, 5.74) is 3.29. The Hall–Kier alpha value is -3.00. The molecule has 1 fully saturated rings. The quantitative estimate of drug-likeness (QED) is 0.307. The zero-order chi connectivity index (χ0) is 23.2. The Balaban J connectivity index is 1.77. The third kappa shape index (κ3) is 3.95. The van der Waals surface area contributed by atoms with Crippen molar-refractivity contribution in [3.8, 4) is 5.69 Å². The fraction of sp³-hybridized carbons (Fsp3) is 0.0870. The van der Waals surface area contributed by atoms with E-state index in [9.17, 15) is 14.0 Å². The van der Waals surface area contributed by atoms with Crippen LogP contribution in [-0.4, -0.2) is 21.5 Å². The molecule has 2 aromatic carbocycles. The summed E-state index contributed by atoms with van der Waals surface area (Å²) in [6.45, 7) is 3.74. The molecule has 1 aliphatic rings. The Labute approximate surface area is 199 Å². The van der Waals surface area contributed by atoms with E-state index >= 15 is 0 Å². The zero-order valence-corrected chi connectivity index (χ0v) is 19.3. The number of hydrogen-bond donors (Lipinski definition) is 1. The van der Waals surface area contributed by atoms with Crippen molar-refractivity contribution in [2.75, 3.05) is 4.90 Å². The van der Waals surface area contributed by atoms with Gasteiger partial charge in [-0.25, -0.2) is 4.39 Å². The van der Waals surface area contributed by atoms with E-state index in [0.29, 0.717) is 16.3 Å². The predicted molar refractivity (Wildman–Crippen MR) is 128 cm³/mol. The lowest BCUT2D eigenvalue weighted by molar-refractivity contribution is -0.122. The molecule has 2 amide bonds. The van der Waals surface area contributed by atoms with E-state index in [4.69, 9.17) is 35.4 Å². The summed E-state index contributed by atoms with van der Waals surface area (Å²) >= 11 is 17.4. The lowest BCUT2D eigenvalue weighted by Gasteiger charge is -2.29. The highest BCUT2D eigenvalue weighted by molar-refractivity contribution is 7.80. The maximum atomic E-state index is 13.3. The highest BCUT2D eigenvalue weighted by Crippen LogP contribution is 2.32. The first-order valence-corrected chi connectivity index (χ1v) is 10.6. The second-order valence-electron chi connectivity index (χ2n) is 7.19. The van der Waals surface area contributed by atoms with Gasteiger partial charge in [0.15, 0.2) is 5.11 Å². The van der Waals surface area contributed by atoms with Gasteiger partial charge in [-0.3, -0.25) is 19.8 Å². The molecule has 1 aromatic heterocycles. The number of benzene rings is 2. The molecule has 5 nitrogen and oxygen atoms in total. The molecule has 0 bridgehead atoms. The second kappa shape index (κ2) is 8.50. The van der Waals surface area contributed by atoms with Gasteiger partial charge in [-0.2, -0.15) is 0 Å². The van der Waals surface area contributed by atoms with Crippen LogP contribution in [0.3, 0.4) is 0 Å². The normalized spacial score (nSPS) is 15.5. The van der Waals surface area contributed by atoms with Crippen molar-refractivity contribution >= 4 is 64.1 Å². The Kier molecular flexibility index (Phi) is 5.90. The van der Waals surface area contributed by atoms with Crippen LogP contribution in [0.5, 0.6) is 0 Å². The molecule has 2 heterocycles. The number of amides is 2. The molecule has 32 heavy (non-hydrogen) atoms.